The van der Waals surface area contributed by atoms with E-state index in [1.165, 1.54) is 20.9 Å². The molecular formula is C13H18FNO4S. The van der Waals surface area contributed by atoms with Gasteiger partial charge in [-0.25, -0.2) is 12.8 Å². The van der Waals surface area contributed by atoms with Crippen molar-refractivity contribution in [2.45, 2.75) is 38.1 Å². The van der Waals surface area contributed by atoms with Crippen LogP contribution in [0.1, 0.15) is 24.5 Å². The number of aliphatic carboxylic acids is 1. The lowest BCUT2D eigenvalue weighted by Gasteiger charge is -2.25. The number of likely N-dealkylation sites (N-methyl/N-ethyl adjacent to an activating group) is 1. The molecule has 1 unspecified atom stereocenters. The molecule has 0 amide bonds. The van der Waals surface area contributed by atoms with Crippen LogP contribution in [0.5, 0.6) is 0 Å². The van der Waals surface area contributed by atoms with Crippen LogP contribution in [0, 0.1) is 19.7 Å². The van der Waals surface area contributed by atoms with E-state index in [4.69, 9.17) is 5.11 Å². The lowest BCUT2D eigenvalue weighted by Crippen LogP contribution is -2.42. The lowest BCUT2D eigenvalue weighted by atomic mass is 10.1. The normalized spacial score (nSPS) is 13.5. The number of halogens is 1. The Bertz CT molecular complexity index is 604. The summed E-state index contributed by atoms with van der Waals surface area (Å²) in [7, 11) is -2.77. The van der Waals surface area contributed by atoms with E-state index in [1.807, 2.05) is 0 Å². The number of hydrogen-bond acceptors (Lipinski definition) is 3. The van der Waals surface area contributed by atoms with Crippen molar-refractivity contribution in [1.29, 1.82) is 0 Å². The molecule has 0 aliphatic heterocycles. The zero-order chi connectivity index (χ0) is 15.7. The molecule has 0 saturated heterocycles. The van der Waals surface area contributed by atoms with Gasteiger partial charge in [-0.2, -0.15) is 4.31 Å². The maximum atomic E-state index is 13.2. The van der Waals surface area contributed by atoms with Crippen LogP contribution in [-0.2, 0) is 14.8 Å². The number of carboxylic acid groups (broad SMARTS) is 1. The molecule has 0 spiro atoms. The first-order valence-electron chi connectivity index (χ1n) is 6.10. The Hall–Kier alpha value is -1.47. The van der Waals surface area contributed by atoms with Gasteiger partial charge in [0.2, 0.25) is 10.0 Å². The van der Waals surface area contributed by atoms with Gasteiger partial charge in [-0.15, -0.1) is 0 Å². The van der Waals surface area contributed by atoms with Gasteiger partial charge in [0, 0.05) is 7.05 Å². The lowest BCUT2D eigenvalue weighted by molar-refractivity contribution is -0.141. The molecule has 1 rings (SSSR count). The number of sulfonamides is 1. The smallest absolute Gasteiger partial charge is 0.321 e. The van der Waals surface area contributed by atoms with Crippen LogP contribution in [0.15, 0.2) is 17.0 Å². The van der Waals surface area contributed by atoms with Gasteiger partial charge in [0.05, 0.1) is 4.90 Å². The van der Waals surface area contributed by atoms with Crippen molar-refractivity contribution < 1.29 is 22.7 Å². The maximum absolute atomic E-state index is 13.2. The molecule has 0 saturated carbocycles. The van der Waals surface area contributed by atoms with Crippen molar-refractivity contribution in [2.75, 3.05) is 7.05 Å². The van der Waals surface area contributed by atoms with E-state index < -0.39 is 27.9 Å². The summed E-state index contributed by atoms with van der Waals surface area (Å²) in [5.74, 6) is -1.73. The highest BCUT2D eigenvalue weighted by Gasteiger charge is 2.33. The second-order valence-electron chi connectivity index (χ2n) is 4.65. The Morgan fingerprint density at radius 1 is 1.35 bits per heavy atom. The van der Waals surface area contributed by atoms with Crippen molar-refractivity contribution in [2.24, 2.45) is 0 Å². The van der Waals surface area contributed by atoms with E-state index in [0.29, 0.717) is 0 Å². The third-order valence-electron chi connectivity index (χ3n) is 3.17. The van der Waals surface area contributed by atoms with Gasteiger partial charge in [-0.1, -0.05) is 6.92 Å². The molecule has 112 valence electrons. The molecule has 0 aromatic heterocycles. The molecular weight excluding hydrogens is 285 g/mol. The summed E-state index contributed by atoms with van der Waals surface area (Å²) in [6, 6.07) is 1.09. The van der Waals surface area contributed by atoms with Crippen LogP contribution in [0.25, 0.3) is 0 Å². The zero-order valence-electron chi connectivity index (χ0n) is 11.8. The van der Waals surface area contributed by atoms with E-state index in [2.05, 4.69) is 0 Å². The third-order valence-corrected chi connectivity index (χ3v) is 5.35. The van der Waals surface area contributed by atoms with E-state index in [0.717, 1.165) is 16.4 Å². The second-order valence-corrected chi connectivity index (χ2v) is 6.59. The number of carboxylic acids is 1. The highest BCUT2D eigenvalue weighted by atomic mass is 32.2. The summed E-state index contributed by atoms with van der Waals surface area (Å²) in [5.41, 5.74) is 0.518. The van der Waals surface area contributed by atoms with Crippen LogP contribution < -0.4 is 0 Å². The van der Waals surface area contributed by atoms with Crippen LogP contribution in [0.3, 0.4) is 0 Å². The summed E-state index contributed by atoms with van der Waals surface area (Å²) in [6.07, 6.45) is 0.143. The minimum Gasteiger partial charge on any atom is -0.480 e. The first-order valence-corrected chi connectivity index (χ1v) is 7.54. The quantitative estimate of drug-likeness (QED) is 0.902. The number of nitrogens with zero attached hydrogens (tertiary/aromatic N) is 1. The van der Waals surface area contributed by atoms with Crippen molar-refractivity contribution in [3.8, 4) is 0 Å². The van der Waals surface area contributed by atoms with Crippen LogP contribution >= 0.6 is 0 Å². The van der Waals surface area contributed by atoms with Crippen LogP contribution in [0.4, 0.5) is 4.39 Å². The fourth-order valence-corrected chi connectivity index (χ4v) is 4.00. The molecule has 0 radical (unpaired) electrons. The molecule has 20 heavy (non-hydrogen) atoms. The maximum Gasteiger partial charge on any atom is 0.321 e. The molecule has 1 N–H and O–H groups in total. The Morgan fingerprint density at radius 3 is 2.15 bits per heavy atom. The fraction of sp³-hybridized carbons (Fsp3) is 0.462. The summed E-state index contributed by atoms with van der Waals surface area (Å²) in [4.78, 5) is 11.1. The number of carbonyl (C=O) groups is 1. The molecule has 7 heteroatoms. The van der Waals surface area contributed by atoms with Crippen LogP contribution in [0.2, 0.25) is 0 Å². The zero-order valence-corrected chi connectivity index (χ0v) is 12.7. The summed E-state index contributed by atoms with van der Waals surface area (Å²) in [5, 5.41) is 9.07. The minimum absolute atomic E-state index is 0.0406. The SMILES string of the molecule is CCC(C(=O)O)N(C)S(=O)(=O)c1c(C)cc(F)cc1C. The first kappa shape index (κ1) is 16.6. The Labute approximate surface area is 118 Å². The first-order chi connectivity index (χ1) is 9.12. The van der Waals surface area contributed by atoms with E-state index in [9.17, 15) is 17.6 Å². The molecule has 5 nitrogen and oxygen atoms in total. The molecule has 1 atom stereocenters. The summed E-state index contributed by atoms with van der Waals surface area (Å²) < 4.78 is 39.1. The predicted octanol–water partition coefficient (Wildman–Crippen LogP) is 1.93. The topological polar surface area (TPSA) is 74.7 Å². The van der Waals surface area contributed by atoms with Gasteiger partial charge in [-0.05, 0) is 43.5 Å². The van der Waals surface area contributed by atoms with Crippen molar-refractivity contribution in [3.05, 3.63) is 29.1 Å². The van der Waals surface area contributed by atoms with Gasteiger partial charge >= 0.3 is 5.97 Å². The van der Waals surface area contributed by atoms with Crippen molar-refractivity contribution in [1.82, 2.24) is 4.31 Å². The fourth-order valence-electron chi connectivity index (χ4n) is 2.20. The van der Waals surface area contributed by atoms with E-state index in [1.54, 1.807) is 6.92 Å². The molecule has 0 heterocycles. The summed E-state index contributed by atoms with van der Waals surface area (Å²) >= 11 is 0. The van der Waals surface area contributed by atoms with Crippen molar-refractivity contribution in [3.63, 3.8) is 0 Å². The third kappa shape index (κ3) is 2.99. The predicted molar refractivity (Wildman–Crippen MR) is 72.5 cm³/mol. The Balaban J connectivity index is 3.41. The van der Waals surface area contributed by atoms with E-state index in [-0.39, 0.29) is 22.4 Å². The van der Waals surface area contributed by atoms with Crippen molar-refractivity contribution >= 4 is 16.0 Å². The van der Waals surface area contributed by atoms with Gasteiger partial charge in [0.1, 0.15) is 11.9 Å². The van der Waals surface area contributed by atoms with Gasteiger partial charge in [0.25, 0.3) is 0 Å². The second kappa shape index (κ2) is 5.88. The monoisotopic (exact) mass is 303 g/mol. The average Bonchev–Trinajstić information content (AvgIpc) is 2.26. The van der Waals surface area contributed by atoms with Gasteiger partial charge in [0.15, 0.2) is 0 Å². The molecule has 1 aromatic carbocycles. The number of hydrogen-bond donors (Lipinski definition) is 1. The number of rotatable bonds is 5. The number of benzene rings is 1. The average molecular weight is 303 g/mol. The minimum atomic E-state index is -3.99. The standard InChI is InChI=1S/C13H18FNO4S/c1-5-11(13(16)17)15(4)20(18,19)12-8(2)6-10(14)7-9(12)3/h6-7,11H,5H2,1-4H3,(H,16,17). The summed E-state index contributed by atoms with van der Waals surface area (Å²) in [6.45, 7) is 4.56. The van der Waals surface area contributed by atoms with E-state index >= 15 is 0 Å². The molecule has 0 aliphatic rings. The highest BCUT2D eigenvalue weighted by molar-refractivity contribution is 7.89. The Morgan fingerprint density at radius 2 is 1.80 bits per heavy atom. The number of aryl methyl sites for hydroxylation is 2. The molecule has 0 aliphatic carbocycles. The highest BCUT2D eigenvalue weighted by Crippen LogP contribution is 2.26. The van der Waals surface area contributed by atoms with Gasteiger partial charge in [-0.3, -0.25) is 4.79 Å². The molecule has 0 fully saturated rings. The van der Waals surface area contributed by atoms with Gasteiger partial charge < -0.3 is 5.11 Å². The largest absolute Gasteiger partial charge is 0.480 e. The Kier molecular flexibility index (Phi) is 4.88. The van der Waals surface area contributed by atoms with Crippen LogP contribution in [-0.4, -0.2) is 36.9 Å². The molecule has 0 bridgehead atoms. The molecule has 1 aromatic rings.